The van der Waals surface area contributed by atoms with Gasteiger partial charge in [0.05, 0.1) is 10.7 Å². The molecule has 0 amide bonds. The summed E-state index contributed by atoms with van der Waals surface area (Å²) in [6.07, 6.45) is 1.60. The maximum atomic E-state index is 5.97. The molecular weight excluding hydrogens is 248 g/mol. The fraction of sp³-hybridized carbons (Fsp3) is 0.0769. The molecule has 0 aliphatic carbocycles. The Morgan fingerprint density at radius 3 is 2.83 bits per heavy atom. The number of rotatable bonds is 1. The minimum absolute atomic E-state index is 0.411. The van der Waals surface area contributed by atoms with Gasteiger partial charge in [-0.1, -0.05) is 29.8 Å². The third-order valence-corrected chi connectivity index (χ3v) is 3.05. The number of halogens is 1. The average Bonchev–Trinajstić information content (AvgIpc) is 2.65. The van der Waals surface area contributed by atoms with Crippen LogP contribution in [0.3, 0.4) is 0 Å². The predicted octanol–water partition coefficient (Wildman–Crippen LogP) is 2.96. The van der Waals surface area contributed by atoms with Crippen LogP contribution in [0, 0.1) is 6.92 Å². The maximum absolute atomic E-state index is 5.97. The van der Waals surface area contributed by atoms with Crippen LogP contribution in [-0.2, 0) is 0 Å². The smallest absolute Gasteiger partial charge is 0.207 e. The summed E-state index contributed by atoms with van der Waals surface area (Å²) in [5.41, 5.74) is 9.47. The quantitative estimate of drug-likeness (QED) is 0.730. The first-order chi connectivity index (χ1) is 8.66. The van der Waals surface area contributed by atoms with Gasteiger partial charge >= 0.3 is 0 Å². The van der Waals surface area contributed by atoms with Gasteiger partial charge in [0.2, 0.25) is 5.95 Å². The molecule has 3 aromatic rings. The van der Waals surface area contributed by atoms with Gasteiger partial charge in [0, 0.05) is 6.20 Å². The van der Waals surface area contributed by atoms with Crippen LogP contribution in [-0.4, -0.2) is 14.5 Å². The van der Waals surface area contributed by atoms with Crippen molar-refractivity contribution in [3.05, 3.63) is 47.1 Å². The number of nitrogens with two attached hydrogens (primary N) is 1. The lowest BCUT2D eigenvalue weighted by atomic mass is 10.2. The number of nitrogens with zero attached hydrogens (tertiary/aromatic N) is 3. The van der Waals surface area contributed by atoms with E-state index >= 15 is 0 Å². The predicted molar refractivity (Wildman–Crippen MR) is 73.0 cm³/mol. The second-order valence-corrected chi connectivity index (χ2v) is 4.52. The highest BCUT2D eigenvalue weighted by atomic mass is 35.5. The van der Waals surface area contributed by atoms with Crippen molar-refractivity contribution in [1.82, 2.24) is 14.5 Å². The highest BCUT2D eigenvalue weighted by molar-refractivity contribution is 6.31. The van der Waals surface area contributed by atoms with Crippen LogP contribution in [0.4, 0.5) is 5.95 Å². The fourth-order valence-corrected chi connectivity index (χ4v) is 2.16. The van der Waals surface area contributed by atoms with Crippen LogP contribution in [0.5, 0.6) is 0 Å². The zero-order valence-corrected chi connectivity index (χ0v) is 10.5. The number of imidazole rings is 1. The van der Waals surface area contributed by atoms with Crippen molar-refractivity contribution >= 4 is 28.7 Å². The molecule has 90 valence electrons. The van der Waals surface area contributed by atoms with Gasteiger partial charge in [0.25, 0.3) is 0 Å². The Kier molecular flexibility index (Phi) is 2.45. The molecule has 0 fully saturated rings. The summed E-state index contributed by atoms with van der Waals surface area (Å²) < 4.78 is 1.83. The van der Waals surface area contributed by atoms with E-state index in [-0.39, 0.29) is 0 Å². The monoisotopic (exact) mass is 258 g/mol. The second kappa shape index (κ2) is 3.99. The van der Waals surface area contributed by atoms with Gasteiger partial charge in [-0.05, 0) is 24.6 Å². The normalized spacial score (nSPS) is 11.0. The van der Waals surface area contributed by atoms with E-state index in [0.29, 0.717) is 22.1 Å². The minimum Gasteiger partial charge on any atom is -0.369 e. The van der Waals surface area contributed by atoms with Gasteiger partial charge in [0.15, 0.2) is 5.65 Å². The van der Waals surface area contributed by atoms with Crippen LogP contribution >= 0.6 is 11.6 Å². The van der Waals surface area contributed by atoms with Crippen molar-refractivity contribution in [2.24, 2.45) is 0 Å². The first kappa shape index (κ1) is 11.0. The van der Waals surface area contributed by atoms with E-state index in [0.717, 1.165) is 11.3 Å². The number of hydrogen-bond acceptors (Lipinski definition) is 3. The summed E-state index contributed by atoms with van der Waals surface area (Å²) in [7, 11) is 0. The van der Waals surface area contributed by atoms with Crippen molar-refractivity contribution in [3.8, 4) is 5.69 Å². The van der Waals surface area contributed by atoms with E-state index in [1.807, 2.05) is 35.8 Å². The van der Waals surface area contributed by atoms with Crippen LogP contribution in [0.15, 0.2) is 36.5 Å². The summed E-state index contributed by atoms with van der Waals surface area (Å²) in [4.78, 5) is 8.59. The number of anilines is 1. The average molecular weight is 259 g/mol. The summed E-state index contributed by atoms with van der Waals surface area (Å²) in [5, 5.41) is 0.553. The molecule has 0 atom stereocenters. The van der Waals surface area contributed by atoms with Gasteiger partial charge in [-0.15, -0.1) is 0 Å². The Bertz CT molecular complexity index is 733. The Balaban J connectivity index is 2.36. The molecule has 5 heteroatoms. The molecule has 0 radical (unpaired) electrons. The molecule has 0 aliphatic heterocycles. The van der Waals surface area contributed by atoms with Crippen molar-refractivity contribution < 1.29 is 0 Å². The Morgan fingerprint density at radius 1 is 1.28 bits per heavy atom. The zero-order valence-electron chi connectivity index (χ0n) is 9.76. The summed E-state index contributed by atoms with van der Waals surface area (Å²) >= 11 is 5.90. The molecule has 3 rings (SSSR count). The molecule has 2 heterocycles. The number of aromatic nitrogens is 3. The zero-order chi connectivity index (χ0) is 12.7. The number of para-hydroxylation sites is 1. The Morgan fingerprint density at radius 2 is 2.06 bits per heavy atom. The highest BCUT2D eigenvalue weighted by Gasteiger charge is 2.12. The van der Waals surface area contributed by atoms with E-state index in [4.69, 9.17) is 17.3 Å². The summed E-state index contributed by atoms with van der Waals surface area (Å²) in [6.45, 7) is 2.02. The lowest BCUT2D eigenvalue weighted by Gasteiger charge is -2.08. The number of aryl methyl sites for hydroxylation is 1. The molecule has 0 spiro atoms. The molecule has 1 aromatic carbocycles. The Hall–Kier alpha value is -2.07. The Labute approximate surface area is 109 Å². The number of benzene rings is 1. The molecule has 18 heavy (non-hydrogen) atoms. The third-order valence-electron chi connectivity index (χ3n) is 2.85. The highest BCUT2D eigenvalue weighted by Crippen LogP contribution is 2.25. The molecule has 0 aliphatic rings. The van der Waals surface area contributed by atoms with Crippen molar-refractivity contribution in [2.45, 2.75) is 6.92 Å². The molecule has 4 nitrogen and oxygen atoms in total. The van der Waals surface area contributed by atoms with Crippen LogP contribution in [0.1, 0.15) is 5.56 Å². The summed E-state index contributed by atoms with van der Waals surface area (Å²) in [5.74, 6) is 0.411. The van der Waals surface area contributed by atoms with E-state index in [1.165, 1.54) is 0 Å². The molecular formula is C13H11ClN4. The van der Waals surface area contributed by atoms with Crippen molar-refractivity contribution in [2.75, 3.05) is 5.73 Å². The number of nitrogen functional groups attached to an aromatic ring is 1. The minimum atomic E-state index is 0.411. The molecule has 0 unspecified atom stereocenters. The van der Waals surface area contributed by atoms with Gasteiger partial charge in [-0.2, -0.15) is 0 Å². The van der Waals surface area contributed by atoms with Crippen molar-refractivity contribution in [1.29, 1.82) is 0 Å². The van der Waals surface area contributed by atoms with Crippen LogP contribution in [0.25, 0.3) is 16.9 Å². The standard InChI is InChI=1S/C13H11ClN4/c1-8-4-2-3-5-11(8)18-12-10(17-13(18)15)6-9(14)7-16-12/h2-7H,1H3,(H2,15,17). The molecule has 2 aromatic heterocycles. The molecule has 0 bridgehead atoms. The first-order valence-electron chi connectivity index (χ1n) is 5.52. The first-order valence-corrected chi connectivity index (χ1v) is 5.90. The van der Waals surface area contributed by atoms with Gasteiger partial charge < -0.3 is 5.73 Å². The maximum Gasteiger partial charge on any atom is 0.207 e. The largest absolute Gasteiger partial charge is 0.369 e. The van der Waals surface area contributed by atoms with Crippen LogP contribution < -0.4 is 5.73 Å². The second-order valence-electron chi connectivity index (χ2n) is 4.09. The molecule has 0 saturated heterocycles. The number of pyridine rings is 1. The molecule has 2 N–H and O–H groups in total. The van der Waals surface area contributed by atoms with Crippen LogP contribution in [0.2, 0.25) is 5.02 Å². The van der Waals surface area contributed by atoms with Gasteiger partial charge in [0.1, 0.15) is 5.52 Å². The molecule has 0 saturated carbocycles. The fourth-order valence-electron chi connectivity index (χ4n) is 2.01. The van der Waals surface area contributed by atoms with E-state index in [1.54, 1.807) is 12.3 Å². The van der Waals surface area contributed by atoms with Crippen molar-refractivity contribution in [3.63, 3.8) is 0 Å². The third kappa shape index (κ3) is 1.62. The van der Waals surface area contributed by atoms with E-state index in [9.17, 15) is 0 Å². The lowest BCUT2D eigenvalue weighted by molar-refractivity contribution is 1.07. The summed E-state index contributed by atoms with van der Waals surface area (Å²) in [6, 6.07) is 9.72. The van der Waals surface area contributed by atoms with E-state index < -0.39 is 0 Å². The SMILES string of the molecule is Cc1ccccc1-n1c(N)nc2cc(Cl)cnc21. The van der Waals surface area contributed by atoms with E-state index in [2.05, 4.69) is 9.97 Å². The van der Waals surface area contributed by atoms with Gasteiger partial charge in [-0.25, -0.2) is 9.97 Å². The lowest BCUT2D eigenvalue weighted by Crippen LogP contribution is -2.02. The topological polar surface area (TPSA) is 56.7 Å². The number of fused-ring (bicyclic) bond motifs is 1. The number of hydrogen-bond donors (Lipinski definition) is 1. The van der Waals surface area contributed by atoms with Gasteiger partial charge in [-0.3, -0.25) is 4.57 Å².